The topological polar surface area (TPSA) is 67.4 Å². The quantitative estimate of drug-likeness (QED) is 0.0953. The van der Waals surface area contributed by atoms with Crippen LogP contribution in [-0.2, 0) is 21.1 Å². The van der Waals surface area contributed by atoms with Crippen LogP contribution in [0.1, 0.15) is 46.8 Å². The Morgan fingerprint density at radius 1 is 0.784 bits per heavy atom. The van der Waals surface area contributed by atoms with Crippen molar-refractivity contribution in [2.24, 2.45) is 0 Å². The van der Waals surface area contributed by atoms with Crippen LogP contribution in [0.4, 0.5) is 26.3 Å². The number of allylic oxidation sites excluding steroid dienone is 3. The molecule has 0 saturated heterocycles. The van der Waals surface area contributed by atoms with Gasteiger partial charge >= 0.3 is 12.4 Å². The van der Waals surface area contributed by atoms with Gasteiger partial charge in [0.05, 0.1) is 12.2 Å². The lowest BCUT2D eigenvalue weighted by molar-refractivity contribution is -0.141. The van der Waals surface area contributed by atoms with Crippen molar-refractivity contribution in [2.45, 2.75) is 37.5 Å². The molecule has 1 aliphatic carbocycles. The summed E-state index contributed by atoms with van der Waals surface area (Å²) in [6, 6.07) is 25.9. The molecule has 0 radical (unpaired) electrons. The second kappa shape index (κ2) is 14.5. The molecule has 0 bridgehead atoms. The molecule has 1 heterocycles. The minimum Gasteiger partial charge on any atom is -0.488 e. The summed E-state index contributed by atoms with van der Waals surface area (Å²) in [4.78, 5) is 27.1. The normalized spacial score (nSPS) is 14.9. The van der Waals surface area contributed by atoms with Crippen LogP contribution in [0.5, 0.6) is 0 Å². The number of rotatable bonds is 10. The summed E-state index contributed by atoms with van der Waals surface area (Å²) in [5.74, 6) is -1.13. The van der Waals surface area contributed by atoms with Crippen LogP contribution in [0.3, 0.4) is 0 Å². The van der Waals surface area contributed by atoms with E-state index in [1.54, 1.807) is 48.5 Å². The van der Waals surface area contributed by atoms with Crippen LogP contribution in [0.15, 0.2) is 118 Å². The van der Waals surface area contributed by atoms with Crippen LogP contribution in [0, 0.1) is 0 Å². The third kappa shape index (κ3) is 7.65. The lowest BCUT2D eigenvalue weighted by atomic mass is 9.73. The summed E-state index contributed by atoms with van der Waals surface area (Å²) in [5.41, 5.74) is 3.42. The molecule has 2 amide bonds. The number of carbonyl (C=O) groups is 2. The molecular formula is C39H31F6IN2O3. The van der Waals surface area contributed by atoms with Crippen LogP contribution in [0.2, 0.25) is 0 Å². The summed E-state index contributed by atoms with van der Waals surface area (Å²) in [6.45, 7) is 0.590. The first kappa shape index (κ1) is 36.1. The van der Waals surface area contributed by atoms with E-state index in [0.717, 1.165) is 32.6 Å². The Balaban J connectivity index is 1.14. The Morgan fingerprint density at radius 3 is 1.96 bits per heavy atom. The second-order valence-electron chi connectivity index (χ2n) is 12.1. The molecule has 4 aromatic rings. The van der Waals surface area contributed by atoms with Crippen molar-refractivity contribution >= 4 is 36.6 Å². The Labute approximate surface area is 300 Å². The summed E-state index contributed by atoms with van der Waals surface area (Å²) in [7, 11) is 0. The smallest absolute Gasteiger partial charge is 0.416 e. The van der Waals surface area contributed by atoms with Crippen LogP contribution >= 0.6 is 20.7 Å². The van der Waals surface area contributed by atoms with Gasteiger partial charge in [0, 0.05) is 11.3 Å². The standard InChI is InChI=1S/C39H31F6IN2O3/c1-24-21-34(46-22-33(24)48-35(49)30-12-3-2-9-27(30)25-15-17-26(18-16-25)39(43,44)45)51-20-8-19-37(36(50)47-23-38(40,41)42)31-13-6-4-10-28(31)29-11-5-7-14-32(29)37/h2-7,9-18,21-22H,8,19-20,23H2,1H3,(H,47,50)(H,48,49). The third-order valence-corrected chi connectivity index (χ3v) is 11.0. The number of hydrogen-bond donors (Lipinski definition) is 2. The minimum absolute atomic E-state index is 0.216. The van der Waals surface area contributed by atoms with Gasteiger partial charge in [-0.1, -0.05) is 78.9 Å². The van der Waals surface area contributed by atoms with Gasteiger partial charge in [0.15, 0.2) is 3.77 Å². The fraction of sp³-hybridized carbons (Fsp3) is 0.205. The highest BCUT2D eigenvalue weighted by Crippen LogP contribution is 2.51. The average Bonchev–Trinajstić information content (AvgIpc) is 3.40. The van der Waals surface area contributed by atoms with E-state index in [9.17, 15) is 35.9 Å². The first-order valence-electron chi connectivity index (χ1n) is 15.9. The molecule has 0 aromatic heterocycles. The Bertz CT molecular complexity index is 2020. The zero-order valence-corrected chi connectivity index (χ0v) is 29.2. The van der Waals surface area contributed by atoms with Gasteiger partial charge < -0.3 is 15.4 Å². The monoisotopic (exact) mass is 816 g/mol. The maximum atomic E-state index is 13.7. The summed E-state index contributed by atoms with van der Waals surface area (Å²) in [6.07, 6.45) is -6.62. The lowest BCUT2D eigenvalue weighted by Gasteiger charge is -2.31. The molecular weight excluding hydrogens is 785 g/mol. The highest BCUT2D eigenvalue weighted by Gasteiger charge is 2.49. The predicted molar refractivity (Wildman–Crippen MR) is 192 cm³/mol. The molecule has 0 fully saturated rings. The number of alkyl halides is 6. The minimum atomic E-state index is -4.57. The first-order chi connectivity index (χ1) is 24.3. The van der Waals surface area contributed by atoms with E-state index in [2.05, 4.69) is 10.6 Å². The van der Waals surface area contributed by atoms with E-state index in [1.165, 1.54) is 12.1 Å². The van der Waals surface area contributed by atoms with Gasteiger partial charge in [0.1, 0.15) is 12.0 Å². The number of hydrogen-bond acceptors (Lipinski definition) is 3. The van der Waals surface area contributed by atoms with E-state index < -0.39 is 62.4 Å². The highest BCUT2D eigenvalue weighted by molar-refractivity contribution is 14.2. The molecule has 12 heteroatoms. The molecule has 1 aliphatic heterocycles. The molecule has 5 nitrogen and oxygen atoms in total. The predicted octanol–water partition coefficient (Wildman–Crippen LogP) is 9.45. The second-order valence-corrected chi connectivity index (χ2v) is 14.4. The van der Waals surface area contributed by atoms with Crippen LogP contribution < -0.4 is 10.6 Å². The average molecular weight is 817 g/mol. The van der Waals surface area contributed by atoms with Gasteiger partial charge in [0.25, 0.3) is 5.91 Å². The maximum absolute atomic E-state index is 13.7. The summed E-state index contributed by atoms with van der Waals surface area (Å²) < 4.78 is 87.5. The number of halogens is 7. The number of benzene rings is 4. The Kier molecular flexibility index (Phi) is 10.3. The van der Waals surface area contributed by atoms with Gasteiger partial charge in [-0.3, -0.25) is 9.59 Å². The Hall–Kier alpha value is -4.72. The van der Waals surface area contributed by atoms with Crippen molar-refractivity contribution in [3.63, 3.8) is 0 Å². The van der Waals surface area contributed by atoms with Crippen molar-refractivity contribution < 1.29 is 40.7 Å². The van der Waals surface area contributed by atoms with Crippen molar-refractivity contribution in [3.8, 4) is 22.3 Å². The van der Waals surface area contributed by atoms with E-state index >= 15 is 0 Å². The van der Waals surface area contributed by atoms with E-state index in [-0.39, 0.29) is 13.0 Å². The van der Waals surface area contributed by atoms with E-state index in [0.29, 0.717) is 39.9 Å². The number of carbonyl (C=O) groups excluding carboxylic acids is 2. The molecule has 264 valence electrons. The summed E-state index contributed by atoms with van der Waals surface area (Å²) >= 11 is -0.817. The number of amides is 2. The molecule has 0 atom stereocenters. The van der Waals surface area contributed by atoms with Gasteiger partial charge in [0.2, 0.25) is 5.91 Å². The molecule has 4 aromatic carbocycles. The zero-order valence-electron chi connectivity index (χ0n) is 27.1. The van der Waals surface area contributed by atoms with Crippen molar-refractivity contribution in [1.82, 2.24) is 10.6 Å². The maximum Gasteiger partial charge on any atom is 0.416 e. The van der Waals surface area contributed by atoms with Crippen LogP contribution in [0.25, 0.3) is 22.3 Å². The fourth-order valence-corrected chi connectivity index (χ4v) is 8.74. The lowest BCUT2D eigenvalue weighted by Crippen LogP contribution is -2.47. The largest absolute Gasteiger partial charge is 0.488 e. The molecule has 6 rings (SSSR count). The number of fused-ring (bicyclic) bond motifs is 3. The molecule has 0 unspecified atom stereocenters. The van der Waals surface area contributed by atoms with Gasteiger partial charge in [-0.15, -0.1) is 0 Å². The fourth-order valence-electron chi connectivity index (χ4n) is 6.43. The zero-order chi connectivity index (χ0) is 36.4. The summed E-state index contributed by atoms with van der Waals surface area (Å²) in [5, 5.41) is 5.06. The molecule has 2 N–H and O–H groups in total. The highest BCUT2D eigenvalue weighted by atomic mass is 127. The van der Waals surface area contributed by atoms with E-state index in [1.807, 2.05) is 41.3 Å². The number of nitrogens with one attached hydrogen (secondary N) is 2. The Morgan fingerprint density at radius 2 is 1.37 bits per heavy atom. The van der Waals surface area contributed by atoms with Gasteiger partial charge in [-0.25, -0.2) is 0 Å². The van der Waals surface area contributed by atoms with Gasteiger partial charge in [-0.05, 0) is 108 Å². The molecule has 2 aliphatic rings. The van der Waals surface area contributed by atoms with Crippen molar-refractivity contribution in [1.29, 1.82) is 0 Å². The van der Waals surface area contributed by atoms with Crippen molar-refractivity contribution in [3.05, 3.63) is 140 Å². The number of ether oxygens (including phenoxy) is 1. The molecule has 0 spiro atoms. The SMILES string of the molecule is CC1=C(NC(=O)c2ccccc2-c2ccc(C(F)(F)F)cc2)C=IC(OCCCC2(C(=O)NCC(F)(F)F)c3ccccc3-c3ccccc32)=C1. The van der Waals surface area contributed by atoms with Crippen molar-refractivity contribution in [2.75, 3.05) is 13.2 Å². The van der Waals surface area contributed by atoms with Crippen LogP contribution in [-0.4, -0.2) is 35.2 Å². The van der Waals surface area contributed by atoms with E-state index in [4.69, 9.17) is 4.74 Å². The third-order valence-electron chi connectivity index (χ3n) is 8.81. The molecule has 51 heavy (non-hydrogen) atoms. The first-order valence-corrected chi connectivity index (χ1v) is 18.2. The molecule has 0 saturated carbocycles. The van der Waals surface area contributed by atoms with Gasteiger partial charge in [-0.2, -0.15) is 26.3 Å².